The lowest BCUT2D eigenvalue weighted by Crippen LogP contribution is -2.50. The lowest BCUT2D eigenvalue weighted by molar-refractivity contribution is -0.140. The Hall–Kier alpha value is -4.71. The SMILES string of the molecule is C[C@@H](CC(=O)c1cc(F)cc(C#N)c1)C(=O)N[C@H](Cc1ccccc1)C(=O)C(=O)NCc1ccccn1. The normalized spacial score (nSPS) is 12.0. The van der Waals surface area contributed by atoms with Crippen LogP contribution in [0.4, 0.5) is 4.39 Å². The molecule has 0 aliphatic carbocycles. The second kappa shape index (κ2) is 12.8. The molecule has 37 heavy (non-hydrogen) atoms. The summed E-state index contributed by atoms with van der Waals surface area (Å²) in [6, 6.07) is 17.9. The van der Waals surface area contributed by atoms with E-state index in [2.05, 4.69) is 15.6 Å². The van der Waals surface area contributed by atoms with Crippen LogP contribution in [0.3, 0.4) is 0 Å². The van der Waals surface area contributed by atoms with Gasteiger partial charge in [0.1, 0.15) is 11.9 Å². The Morgan fingerprint density at radius 1 is 1.03 bits per heavy atom. The summed E-state index contributed by atoms with van der Waals surface area (Å²) in [4.78, 5) is 55.2. The van der Waals surface area contributed by atoms with Gasteiger partial charge in [0.2, 0.25) is 11.7 Å². The van der Waals surface area contributed by atoms with Gasteiger partial charge in [0, 0.05) is 30.5 Å². The van der Waals surface area contributed by atoms with Crippen molar-refractivity contribution in [3.63, 3.8) is 0 Å². The fourth-order valence-electron chi connectivity index (χ4n) is 3.60. The molecule has 0 spiro atoms. The molecule has 0 radical (unpaired) electrons. The van der Waals surface area contributed by atoms with E-state index in [4.69, 9.17) is 5.26 Å². The maximum atomic E-state index is 13.7. The molecule has 3 aromatic rings. The van der Waals surface area contributed by atoms with Crippen LogP contribution < -0.4 is 10.6 Å². The van der Waals surface area contributed by atoms with E-state index in [0.29, 0.717) is 5.69 Å². The van der Waals surface area contributed by atoms with Gasteiger partial charge in [-0.05, 0) is 35.9 Å². The van der Waals surface area contributed by atoms with Crippen molar-refractivity contribution in [3.05, 3.63) is 101 Å². The number of Topliss-reactive ketones (excluding diaryl/α,β-unsaturated/α-hetero) is 2. The van der Waals surface area contributed by atoms with Gasteiger partial charge in [0.05, 0.1) is 23.9 Å². The first-order chi connectivity index (χ1) is 17.8. The first-order valence-corrected chi connectivity index (χ1v) is 11.6. The topological polar surface area (TPSA) is 129 Å². The highest BCUT2D eigenvalue weighted by molar-refractivity contribution is 6.38. The van der Waals surface area contributed by atoms with Gasteiger partial charge >= 0.3 is 0 Å². The smallest absolute Gasteiger partial charge is 0.289 e. The molecule has 0 aliphatic heterocycles. The third-order valence-corrected chi connectivity index (χ3v) is 5.58. The van der Waals surface area contributed by atoms with E-state index in [9.17, 15) is 23.6 Å². The van der Waals surface area contributed by atoms with E-state index in [1.807, 2.05) is 0 Å². The standard InChI is InChI=1S/C28H25FN4O4/c1-18(11-25(34)21-12-20(16-30)13-22(29)15-21)27(36)33-24(14-19-7-3-2-4-8-19)26(35)28(37)32-17-23-9-5-6-10-31-23/h2-10,12-13,15,18,24H,11,14,17H2,1H3,(H,32,37)(H,33,36)/t18-,24+/m0/s1. The number of benzene rings is 2. The average Bonchev–Trinajstić information content (AvgIpc) is 2.91. The van der Waals surface area contributed by atoms with E-state index in [1.54, 1.807) is 60.8 Å². The zero-order valence-electron chi connectivity index (χ0n) is 20.1. The molecule has 1 heterocycles. The molecule has 0 bridgehead atoms. The molecule has 2 aromatic carbocycles. The fraction of sp³-hybridized carbons (Fsp3) is 0.214. The predicted octanol–water partition coefficient (Wildman–Crippen LogP) is 2.91. The Bertz CT molecular complexity index is 1320. The molecule has 8 nitrogen and oxygen atoms in total. The number of nitriles is 1. The van der Waals surface area contributed by atoms with Gasteiger partial charge in [-0.3, -0.25) is 24.2 Å². The number of hydrogen-bond acceptors (Lipinski definition) is 6. The van der Waals surface area contributed by atoms with Crippen molar-refractivity contribution >= 4 is 23.4 Å². The largest absolute Gasteiger partial charge is 0.345 e. The number of pyridine rings is 1. The Labute approximate surface area is 213 Å². The molecule has 2 atom stereocenters. The molecule has 3 rings (SSSR count). The Kier molecular flexibility index (Phi) is 9.33. The summed E-state index contributed by atoms with van der Waals surface area (Å²) in [7, 11) is 0. The van der Waals surface area contributed by atoms with Crippen molar-refractivity contribution in [1.82, 2.24) is 15.6 Å². The van der Waals surface area contributed by atoms with Crippen LogP contribution in [-0.4, -0.2) is 34.4 Å². The Morgan fingerprint density at radius 3 is 2.43 bits per heavy atom. The number of amides is 2. The number of nitrogens with zero attached hydrogens (tertiary/aromatic N) is 2. The minimum atomic E-state index is -1.17. The molecule has 0 aliphatic rings. The van der Waals surface area contributed by atoms with E-state index in [1.165, 1.54) is 13.0 Å². The summed E-state index contributed by atoms with van der Waals surface area (Å²) in [6.45, 7) is 1.53. The highest BCUT2D eigenvalue weighted by Crippen LogP contribution is 2.15. The Morgan fingerprint density at radius 2 is 1.76 bits per heavy atom. The summed E-state index contributed by atoms with van der Waals surface area (Å²) >= 11 is 0. The molecule has 2 amide bonds. The second-order valence-electron chi connectivity index (χ2n) is 8.49. The number of ketones is 2. The molecule has 2 N–H and O–H groups in total. The monoisotopic (exact) mass is 500 g/mol. The van der Waals surface area contributed by atoms with Gasteiger partial charge in [0.15, 0.2) is 5.78 Å². The van der Waals surface area contributed by atoms with Crippen LogP contribution in [0.1, 0.15) is 40.5 Å². The number of halogens is 1. The summed E-state index contributed by atoms with van der Waals surface area (Å²) < 4.78 is 13.7. The molecule has 9 heteroatoms. The number of rotatable bonds is 11. The maximum absolute atomic E-state index is 13.7. The zero-order valence-corrected chi connectivity index (χ0v) is 20.1. The van der Waals surface area contributed by atoms with E-state index < -0.39 is 41.2 Å². The van der Waals surface area contributed by atoms with Crippen LogP contribution in [-0.2, 0) is 27.3 Å². The van der Waals surface area contributed by atoms with Crippen LogP contribution >= 0.6 is 0 Å². The molecular formula is C28H25FN4O4. The second-order valence-corrected chi connectivity index (χ2v) is 8.49. The van der Waals surface area contributed by atoms with E-state index in [-0.39, 0.29) is 30.5 Å². The van der Waals surface area contributed by atoms with Crippen LogP contribution in [0.25, 0.3) is 0 Å². The number of carbonyl (C=O) groups excluding carboxylic acids is 4. The van der Waals surface area contributed by atoms with Crippen LogP contribution in [0.15, 0.2) is 72.9 Å². The van der Waals surface area contributed by atoms with E-state index >= 15 is 0 Å². The number of hydrogen-bond donors (Lipinski definition) is 2. The van der Waals surface area contributed by atoms with Crippen molar-refractivity contribution in [2.45, 2.75) is 32.4 Å². The fourth-order valence-corrected chi connectivity index (χ4v) is 3.60. The number of carbonyl (C=O) groups is 4. The van der Waals surface area contributed by atoms with Crippen molar-refractivity contribution in [2.24, 2.45) is 5.92 Å². The summed E-state index contributed by atoms with van der Waals surface area (Å²) in [5.74, 6) is -4.47. The van der Waals surface area contributed by atoms with Gasteiger partial charge in [0.25, 0.3) is 5.91 Å². The third kappa shape index (κ3) is 7.90. The zero-order chi connectivity index (χ0) is 26.8. The van der Waals surface area contributed by atoms with E-state index in [0.717, 1.165) is 17.7 Å². The molecular weight excluding hydrogens is 475 g/mol. The van der Waals surface area contributed by atoms with Crippen molar-refractivity contribution in [1.29, 1.82) is 5.26 Å². The summed E-state index contributed by atoms with van der Waals surface area (Å²) in [5, 5.41) is 14.1. The maximum Gasteiger partial charge on any atom is 0.289 e. The van der Waals surface area contributed by atoms with Gasteiger partial charge < -0.3 is 10.6 Å². The first-order valence-electron chi connectivity index (χ1n) is 11.6. The third-order valence-electron chi connectivity index (χ3n) is 5.58. The molecule has 188 valence electrons. The molecule has 0 unspecified atom stereocenters. The number of aromatic nitrogens is 1. The summed E-state index contributed by atoms with van der Waals surface area (Å²) in [5.41, 5.74) is 1.26. The first kappa shape index (κ1) is 26.9. The highest BCUT2D eigenvalue weighted by Gasteiger charge is 2.29. The van der Waals surface area contributed by atoms with Gasteiger partial charge in [-0.1, -0.05) is 43.3 Å². The molecule has 0 saturated heterocycles. The Balaban J connectivity index is 1.69. The van der Waals surface area contributed by atoms with Gasteiger partial charge in [-0.15, -0.1) is 0 Å². The minimum Gasteiger partial charge on any atom is -0.345 e. The van der Waals surface area contributed by atoms with Crippen molar-refractivity contribution < 1.29 is 23.6 Å². The van der Waals surface area contributed by atoms with Gasteiger partial charge in [-0.25, -0.2) is 4.39 Å². The lowest BCUT2D eigenvalue weighted by atomic mass is 9.96. The van der Waals surface area contributed by atoms with Crippen LogP contribution in [0.2, 0.25) is 0 Å². The van der Waals surface area contributed by atoms with Gasteiger partial charge in [-0.2, -0.15) is 5.26 Å². The molecule has 0 fully saturated rings. The summed E-state index contributed by atoms with van der Waals surface area (Å²) in [6.07, 6.45) is 1.35. The highest BCUT2D eigenvalue weighted by atomic mass is 19.1. The minimum absolute atomic E-state index is 0.00862. The lowest BCUT2D eigenvalue weighted by Gasteiger charge is -2.20. The number of nitrogens with one attached hydrogen (secondary N) is 2. The van der Waals surface area contributed by atoms with Crippen molar-refractivity contribution in [3.8, 4) is 6.07 Å². The van der Waals surface area contributed by atoms with Crippen LogP contribution in [0, 0.1) is 23.1 Å². The average molecular weight is 501 g/mol. The molecule has 1 aromatic heterocycles. The van der Waals surface area contributed by atoms with Crippen molar-refractivity contribution in [2.75, 3.05) is 0 Å². The quantitative estimate of drug-likeness (QED) is 0.308. The predicted molar refractivity (Wildman–Crippen MR) is 132 cm³/mol. The van der Waals surface area contributed by atoms with Crippen LogP contribution in [0.5, 0.6) is 0 Å². The molecule has 0 saturated carbocycles.